The third-order valence-electron chi connectivity index (χ3n) is 3.41. The Morgan fingerprint density at radius 3 is 2.57 bits per heavy atom. The molecule has 0 aliphatic carbocycles. The van der Waals surface area contributed by atoms with Crippen molar-refractivity contribution in [2.45, 2.75) is 12.5 Å². The van der Waals surface area contributed by atoms with E-state index in [1.54, 1.807) is 7.11 Å². The Labute approximate surface area is 139 Å². The van der Waals surface area contributed by atoms with Crippen molar-refractivity contribution in [3.05, 3.63) is 64.9 Å². The van der Waals surface area contributed by atoms with Gasteiger partial charge in [0.15, 0.2) is 0 Å². The number of amides is 2. The number of halogens is 2. The van der Waals surface area contributed by atoms with Crippen LogP contribution in [0.25, 0.3) is 0 Å². The van der Waals surface area contributed by atoms with Crippen molar-refractivity contribution in [3.8, 4) is 0 Å². The van der Waals surface area contributed by atoms with Crippen LogP contribution in [0.4, 0.5) is 14.9 Å². The first-order chi connectivity index (χ1) is 10.9. The van der Waals surface area contributed by atoms with Gasteiger partial charge in [0.2, 0.25) is 0 Å². The fraction of sp³-hybridized carbons (Fsp3) is 0.235. The number of methoxy groups -OCH3 is 1. The van der Waals surface area contributed by atoms with E-state index in [9.17, 15) is 9.18 Å². The van der Waals surface area contributed by atoms with E-state index in [0.29, 0.717) is 12.3 Å². The summed E-state index contributed by atoms with van der Waals surface area (Å²) >= 11 is 5.63. The van der Waals surface area contributed by atoms with Gasteiger partial charge >= 0.3 is 6.03 Å². The van der Waals surface area contributed by atoms with Crippen LogP contribution in [0, 0.1) is 5.82 Å². The molecule has 0 aliphatic rings. The highest BCUT2D eigenvalue weighted by atomic mass is 35.5. The quantitative estimate of drug-likeness (QED) is 0.861. The fourth-order valence-electron chi connectivity index (χ4n) is 2.27. The minimum Gasteiger partial charge on any atom is -0.382 e. The molecule has 0 bridgehead atoms. The molecule has 1 atom stereocenters. The highest BCUT2D eigenvalue weighted by Crippen LogP contribution is 2.22. The normalized spacial score (nSPS) is 13.2. The SMILES string of the molecule is COC[C@@](C)(NC(=O)Nc1ccc(Cl)c(F)c1)c1ccccc1. The maximum Gasteiger partial charge on any atom is 0.320 e. The molecule has 2 rings (SSSR count). The Morgan fingerprint density at radius 1 is 1.26 bits per heavy atom. The van der Waals surface area contributed by atoms with Crippen LogP contribution in [0.5, 0.6) is 0 Å². The topological polar surface area (TPSA) is 50.4 Å². The van der Waals surface area contributed by atoms with Gasteiger partial charge in [-0.25, -0.2) is 9.18 Å². The van der Waals surface area contributed by atoms with Crippen LogP contribution in [-0.2, 0) is 10.3 Å². The third-order valence-corrected chi connectivity index (χ3v) is 3.72. The van der Waals surface area contributed by atoms with E-state index in [-0.39, 0.29) is 5.02 Å². The number of hydrogen-bond donors (Lipinski definition) is 2. The lowest BCUT2D eigenvalue weighted by Crippen LogP contribution is -2.48. The molecule has 2 amide bonds. The van der Waals surface area contributed by atoms with Gasteiger partial charge < -0.3 is 15.4 Å². The summed E-state index contributed by atoms with van der Waals surface area (Å²) in [5.74, 6) is -0.591. The van der Waals surface area contributed by atoms with E-state index >= 15 is 0 Å². The molecule has 2 aromatic rings. The summed E-state index contributed by atoms with van der Waals surface area (Å²) in [6.07, 6.45) is 0. The van der Waals surface area contributed by atoms with Crippen LogP contribution in [0.3, 0.4) is 0 Å². The van der Waals surface area contributed by atoms with Crippen molar-refractivity contribution in [1.82, 2.24) is 5.32 Å². The molecule has 2 aromatic carbocycles. The number of carbonyl (C=O) groups excluding carboxylic acids is 1. The predicted molar refractivity (Wildman–Crippen MR) is 89.2 cm³/mol. The van der Waals surface area contributed by atoms with E-state index in [2.05, 4.69) is 10.6 Å². The van der Waals surface area contributed by atoms with Crippen molar-refractivity contribution >= 4 is 23.3 Å². The molecular formula is C17H18ClFN2O2. The highest BCUT2D eigenvalue weighted by molar-refractivity contribution is 6.30. The average Bonchev–Trinajstić information content (AvgIpc) is 2.52. The van der Waals surface area contributed by atoms with E-state index in [1.807, 2.05) is 37.3 Å². The first-order valence-corrected chi connectivity index (χ1v) is 7.41. The standard InChI is InChI=1S/C17H18ClFN2O2/c1-17(11-23-2,12-6-4-3-5-7-12)21-16(22)20-13-8-9-14(18)15(19)10-13/h3-10H,11H2,1-2H3,(H2,20,21,22)/t17-/m1/s1. The van der Waals surface area contributed by atoms with Gasteiger partial charge in [-0.05, 0) is 30.7 Å². The van der Waals surface area contributed by atoms with E-state index < -0.39 is 17.4 Å². The van der Waals surface area contributed by atoms with E-state index in [0.717, 1.165) is 11.6 Å². The first kappa shape index (κ1) is 17.2. The zero-order chi connectivity index (χ0) is 16.9. The molecule has 23 heavy (non-hydrogen) atoms. The summed E-state index contributed by atoms with van der Waals surface area (Å²) in [6, 6.07) is 13.1. The fourth-order valence-corrected chi connectivity index (χ4v) is 2.39. The molecule has 0 aliphatic heterocycles. The van der Waals surface area contributed by atoms with Gasteiger partial charge in [-0.3, -0.25) is 0 Å². The van der Waals surface area contributed by atoms with Crippen molar-refractivity contribution < 1.29 is 13.9 Å². The Bertz CT molecular complexity index is 682. The van der Waals surface area contributed by atoms with Crippen LogP contribution in [0.1, 0.15) is 12.5 Å². The van der Waals surface area contributed by atoms with Gasteiger partial charge in [-0.15, -0.1) is 0 Å². The second kappa shape index (κ2) is 7.44. The lowest BCUT2D eigenvalue weighted by Gasteiger charge is -2.30. The molecule has 0 spiro atoms. The zero-order valence-corrected chi connectivity index (χ0v) is 13.7. The molecule has 122 valence electrons. The zero-order valence-electron chi connectivity index (χ0n) is 12.9. The largest absolute Gasteiger partial charge is 0.382 e. The molecule has 4 nitrogen and oxygen atoms in total. The van der Waals surface area contributed by atoms with Crippen molar-refractivity contribution in [2.24, 2.45) is 0 Å². The Morgan fingerprint density at radius 2 is 1.96 bits per heavy atom. The first-order valence-electron chi connectivity index (χ1n) is 7.03. The van der Waals surface area contributed by atoms with Crippen LogP contribution in [0.2, 0.25) is 5.02 Å². The molecule has 0 fully saturated rings. The number of ether oxygens (including phenoxy) is 1. The number of hydrogen-bond acceptors (Lipinski definition) is 2. The van der Waals surface area contributed by atoms with Crippen molar-refractivity contribution in [1.29, 1.82) is 0 Å². The van der Waals surface area contributed by atoms with Crippen LogP contribution in [0.15, 0.2) is 48.5 Å². The van der Waals surface area contributed by atoms with Gasteiger partial charge in [0, 0.05) is 12.8 Å². The Balaban J connectivity index is 2.13. The van der Waals surface area contributed by atoms with Crippen molar-refractivity contribution in [3.63, 3.8) is 0 Å². The summed E-state index contributed by atoms with van der Waals surface area (Å²) < 4.78 is 18.7. The smallest absolute Gasteiger partial charge is 0.320 e. The second-order valence-electron chi connectivity index (χ2n) is 5.34. The van der Waals surface area contributed by atoms with Crippen molar-refractivity contribution in [2.75, 3.05) is 19.0 Å². The minimum atomic E-state index is -0.717. The second-order valence-corrected chi connectivity index (χ2v) is 5.75. The average molecular weight is 337 g/mol. The van der Waals surface area contributed by atoms with Gasteiger partial charge in [-0.1, -0.05) is 41.9 Å². The summed E-state index contributed by atoms with van der Waals surface area (Å²) in [7, 11) is 1.56. The predicted octanol–water partition coefficient (Wildman–Crippen LogP) is 4.16. The van der Waals surface area contributed by atoms with Gasteiger partial charge in [0.05, 0.1) is 17.2 Å². The summed E-state index contributed by atoms with van der Waals surface area (Å²) in [5.41, 5.74) is 0.502. The summed E-state index contributed by atoms with van der Waals surface area (Å²) in [6.45, 7) is 2.15. The lowest BCUT2D eigenvalue weighted by molar-refractivity contribution is 0.123. The number of rotatable bonds is 5. The maximum atomic E-state index is 13.4. The number of nitrogens with one attached hydrogen (secondary N) is 2. The van der Waals surface area contributed by atoms with Gasteiger partial charge in [0.25, 0.3) is 0 Å². The molecule has 0 saturated heterocycles. The third kappa shape index (κ3) is 4.43. The van der Waals surface area contributed by atoms with E-state index in [4.69, 9.17) is 16.3 Å². The minimum absolute atomic E-state index is 0.00413. The van der Waals surface area contributed by atoms with Crippen LogP contribution in [-0.4, -0.2) is 19.7 Å². The molecule has 2 N–H and O–H groups in total. The van der Waals surface area contributed by atoms with Crippen LogP contribution < -0.4 is 10.6 Å². The number of benzene rings is 2. The Kier molecular flexibility index (Phi) is 5.58. The lowest BCUT2D eigenvalue weighted by atomic mass is 9.93. The Hall–Kier alpha value is -2.11. The molecule has 0 heterocycles. The number of carbonyl (C=O) groups is 1. The molecule has 0 unspecified atom stereocenters. The van der Waals surface area contributed by atoms with Gasteiger partial charge in [-0.2, -0.15) is 0 Å². The highest BCUT2D eigenvalue weighted by Gasteiger charge is 2.28. The molecule has 0 radical (unpaired) electrons. The summed E-state index contributed by atoms with van der Waals surface area (Å²) in [4.78, 5) is 12.2. The number of urea groups is 1. The van der Waals surface area contributed by atoms with Crippen LogP contribution >= 0.6 is 11.6 Å². The van der Waals surface area contributed by atoms with E-state index in [1.165, 1.54) is 12.1 Å². The molecule has 0 saturated carbocycles. The maximum absolute atomic E-state index is 13.4. The monoisotopic (exact) mass is 336 g/mol. The molecular weight excluding hydrogens is 319 g/mol. The molecule has 0 aromatic heterocycles. The number of anilines is 1. The molecule has 6 heteroatoms. The van der Waals surface area contributed by atoms with Gasteiger partial charge in [0.1, 0.15) is 5.82 Å². The summed E-state index contributed by atoms with van der Waals surface area (Å²) in [5, 5.41) is 5.46.